The van der Waals surface area contributed by atoms with Gasteiger partial charge in [-0.1, -0.05) is 31.2 Å². The molecule has 140 valence electrons. The summed E-state index contributed by atoms with van der Waals surface area (Å²) < 4.78 is 31.7. The molecule has 1 amide bonds. The normalized spacial score (nSPS) is 11.0. The van der Waals surface area contributed by atoms with Crippen molar-refractivity contribution in [3.05, 3.63) is 60.2 Å². The average Bonchev–Trinajstić information content (AvgIpc) is 2.62. The number of hydrogen-bond donors (Lipinski definition) is 2. The molecule has 0 spiro atoms. The first-order valence-electron chi connectivity index (χ1n) is 8.57. The van der Waals surface area contributed by atoms with Crippen LogP contribution in [0.3, 0.4) is 0 Å². The maximum Gasteiger partial charge on any atom is 0.251 e. The van der Waals surface area contributed by atoms with Gasteiger partial charge in [0.05, 0.1) is 12.4 Å². The molecule has 0 heterocycles. The van der Waals surface area contributed by atoms with E-state index >= 15 is 0 Å². The van der Waals surface area contributed by atoms with E-state index in [1.54, 1.807) is 25.1 Å². The van der Waals surface area contributed by atoms with Crippen molar-refractivity contribution < 1.29 is 17.9 Å². The van der Waals surface area contributed by atoms with E-state index in [1.165, 1.54) is 6.07 Å². The van der Waals surface area contributed by atoms with Gasteiger partial charge in [-0.15, -0.1) is 0 Å². The van der Waals surface area contributed by atoms with Crippen molar-refractivity contribution in [3.8, 4) is 5.75 Å². The van der Waals surface area contributed by atoms with E-state index in [2.05, 4.69) is 10.0 Å². The van der Waals surface area contributed by atoms with Gasteiger partial charge in [0, 0.05) is 17.8 Å². The number of ether oxygens (including phenoxy) is 1. The van der Waals surface area contributed by atoms with Crippen molar-refractivity contribution in [2.75, 3.05) is 23.6 Å². The van der Waals surface area contributed by atoms with Crippen LogP contribution in [0, 0.1) is 0 Å². The van der Waals surface area contributed by atoms with E-state index in [0.717, 1.165) is 5.75 Å². The lowest BCUT2D eigenvalue weighted by atomic mass is 10.2. The molecule has 0 fully saturated rings. The summed E-state index contributed by atoms with van der Waals surface area (Å²) in [5, 5.41) is 2.80. The molecule has 7 heteroatoms. The monoisotopic (exact) mass is 376 g/mol. The topological polar surface area (TPSA) is 84.5 Å². The Hall–Kier alpha value is -2.54. The van der Waals surface area contributed by atoms with Crippen molar-refractivity contribution in [1.82, 2.24) is 5.32 Å². The first kappa shape index (κ1) is 19.8. The van der Waals surface area contributed by atoms with Crippen molar-refractivity contribution in [3.63, 3.8) is 0 Å². The third kappa shape index (κ3) is 6.76. The van der Waals surface area contributed by atoms with E-state index in [9.17, 15) is 13.2 Å². The Labute approximate surface area is 154 Å². The standard InChI is InChI=1S/C19H24N2O4S/c1-2-14-26(23,24)21-17-9-6-8-16(15-17)19(22)20-12-7-13-25-18-10-4-3-5-11-18/h3-6,8-11,15,21H,2,7,12-14H2,1H3,(H,20,22). The molecule has 0 atom stereocenters. The van der Waals surface area contributed by atoms with Crippen LogP contribution in [0.4, 0.5) is 5.69 Å². The number of para-hydroxylation sites is 1. The van der Waals surface area contributed by atoms with Gasteiger partial charge in [-0.3, -0.25) is 9.52 Å². The molecule has 0 aliphatic rings. The number of nitrogens with one attached hydrogen (secondary N) is 2. The van der Waals surface area contributed by atoms with Gasteiger partial charge in [-0.2, -0.15) is 0 Å². The molecular weight excluding hydrogens is 352 g/mol. The van der Waals surface area contributed by atoms with Gasteiger partial charge in [-0.05, 0) is 43.2 Å². The molecule has 0 radical (unpaired) electrons. The number of carbonyl (C=O) groups excluding carboxylic acids is 1. The summed E-state index contributed by atoms with van der Waals surface area (Å²) in [5.74, 6) is 0.595. The minimum Gasteiger partial charge on any atom is -0.494 e. The fourth-order valence-electron chi connectivity index (χ4n) is 2.31. The van der Waals surface area contributed by atoms with Crippen LogP contribution in [0.25, 0.3) is 0 Å². The zero-order valence-electron chi connectivity index (χ0n) is 14.8. The summed E-state index contributed by atoms with van der Waals surface area (Å²) in [6, 6.07) is 15.9. The second-order valence-corrected chi connectivity index (χ2v) is 7.61. The summed E-state index contributed by atoms with van der Waals surface area (Å²) in [6.45, 7) is 2.77. The van der Waals surface area contributed by atoms with Gasteiger partial charge in [0.15, 0.2) is 0 Å². The minimum absolute atomic E-state index is 0.0465. The van der Waals surface area contributed by atoms with Crippen molar-refractivity contribution in [2.24, 2.45) is 0 Å². The molecule has 0 unspecified atom stereocenters. The maximum atomic E-state index is 12.2. The maximum absolute atomic E-state index is 12.2. The predicted molar refractivity (Wildman–Crippen MR) is 103 cm³/mol. The molecule has 2 aromatic carbocycles. The van der Waals surface area contributed by atoms with Crippen molar-refractivity contribution >= 4 is 21.6 Å². The summed E-state index contributed by atoms with van der Waals surface area (Å²) in [4.78, 5) is 12.2. The molecular formula is C19H24N2O4S. The first-order valence-corrected chi connectivity index (χ1v) is 10.2. The molecule has 0 bridgehead atoms. The van der Waals surface area contributed by atoms with Gasteiger partial charge < -0.3 is 10.1 Å². The minimum atomic E-state index is -3.38. The summed E-state index contributed by atoms with van der Waals surface area (Å²) in [7, 11) is -3.38. The molecule has 2 rings (SSSR count). The Morgan fingerprint density at radius 3 is 2.58 bits per heavy atom. The Bertz CT molecular complexity index is 807. The quantitative estimate of drug-likeness (QED) is 0.624. The molecule has 0 aliphatic heterocycles. The molecule has 0 saturated heterocycles. The van der Waals surface area contributed by atoms with Gasteiger partial charge >= 0.3 is 0 Å². The fourth-order valence-corrected chi connectivity index (χ4v) is 3.43. The van der Waals surface area contributed by atoms with Gasteiger partial charge in [-0.25, -0.2) is 8.42 Å². The zero-order valence-corrected chi connectivity index (χ0v) is 15.6. The van der Waals surface area contributed by atoms with Crippen LogP contribution in [0.2, 0.25) is 0 Å². The SMILES string of the molecule is CCCS(=O)(=O)Nc1cccc(C(=O)NCCCOc2ccccc2)c1. The number of carbonyl (C=O) groups is 1. The highest BCUT2D eigenvalue weighted by Crippen LogP contribution is 2.13. The highest BCUT2D eigenvalue weighted by molar-refractivity contribution is 7.92. The lowest BCUT2D eigenvalue weighted by Gasteiger charge is -2.10. The first-order chi connectivity index (χ1) is 12.5. The summed E-state index contributed by atoms with van der Waals surface area (Å²) >= 11 is 0. The number of sulfonamides is 1. The summed E-state index contributed by atoms with van der Waals surface area (Å²) in [5.41, 5.74) is 0.796. The van der Waals surface area contributed by atoms with Crippen LogP contribution in [-0.2, 0) is 10.0 Å². The second kappa shape index (κ2) is 9.82. The Kier molecular flexibility index (Phi) is 7.47. The van der Waals surface area contributed by atoms with Crippen LogP contribution in [-0.4, -0.2) is 33.2 Å². The summed E-state index contributed by atoms with van der Waals surface area (Å²) in [6.07, 6.45) is 1.20. The molecule has 26 heavy (non-hydrogen) atoms. The second-order valence-electron chi connectivity index (χ2n) is 5.77. The van der Waals surface area contributed by atoms with Gasteiger partial charge in [0.25, 0.3) is 5.91 Å². The predicted octanol–water partition coefficient (Wildman–Crippen LogP) is 3.04. The lowest BCUT2D eigenvalue weighted by Crippen LogP contribution is -2.25. The molecule has 0 saturated carbocycles. The van der Waals surface area contributed by atoms with E-state index in [4.69, 9.17) is 4.74 Å². The number of benzene rings is 2. The Morgan fingerprint density at radius 1 is 1.08 bits per heavy atom. The highest BCUT2D eigenvalue weighted by atomic mass is 32.2. The third-order valence-electron chi connectivity index (χ3n) is 3.49. The van der Waals surface area contributed by atoms with Crippen LogP contribution >= 0.6 is 0 Å². The number of amides is 1. The smallest absolute Gasteiger partial charge is 0.251 e. The van der Waals surface area contributed by atoms with Crippen LogP contribution in [0.5, 0.6) is 5.75 Å². The third-order valence-corrected chi connectivity index (χ3v) is 4.98. The Balaban J connectivity index is 1.79. The van der Waals surface area contributed by atoms with Gasteiger partial charge in [0.2, 0.25) is 10.0 Å². The van der Waals surface area contributed by atoms with E-state index in [-0.39, 0.29) is 11.7 Å². The van der Waals surface area contributed by atoms with E-state index in [0.29, 0.717) is 37.2 Å². The largest absolute Gasteiger partial charge is 0.494 e. The van der Waals surface area contributed by atoms with Crippen molar-refractivity contribution in [1.29, 1.82) is 0 Å². The Morgan fingerprint density at radius 2 is 1.85 bits per heavy atom. The van der Waals surface area contributed by atoms with Crippen LogP contribution in [0.1, 0.15) is 30.1 Å². The molecule has 0 aromatic heterocycles. The number of rotatable bonds is 10. The van der Waals surface area contributed by atoms with E-state index in [1.807, 2.05) is 30.3 Å². The van der Waals surface area contributed by atoms with E-state index < -0.39 is 10.0 Å². The van der Waals surface area contributed by atoms with Crippen LogP contribution < -0.4 is 14.8 Å². The lowest BCUT2D eigenvalue weighted by molar-refractivity contribution is 0.0951. The number of anilines is 1. The van der Waals surface area contributed by atoms with Gasteiger partial charge in [0.1, 0.15) is 5.75 Å². The molecule has 2 N–H and O–H groups in total. The zero-order chi connectivity index (χ0) is 18.8. The molecule has 0 aliphatic carbocycles. The average molecular weight is 376 g/mol. The van der Waals surface area contributed by atoms with Crippen LogP contribution in [0.15, 0.2) is 54.6 Å². The number of hydrogen-bond acceptors (Lipinski definition) is 4. The molecule has 2 aromatic rings. The highest BCUT2D eigenvalue weighted by Gasteiger charge is 2.11. The molecule has 6 nitrogen and oxygen atoms in total. The fraction of sp³-hybridized carbons (Fsp3) is 0.316. The van der Waals surface area contributed by atoms with Crippen molar-refractivity contribution in [2.45, 2.75) is 19.8 Å².